The fourth-order valence-electron chi connectivity index (χ4n) is 7.02. The molecule has 0 atom stereocenters. The van der Waals surface area contributed by atoms with Gasteiger partial charge in [0.05, 0.1) is 32.3 Å². The molecule has 3 aromatic rings. The molecular weight excluding hydrogens is 649 g/mol. The first-order valence-electron chi connectivity index (χ1n) is 16.2. The third kappa shape index (κ3) is 6.61. The Bertz CT molecular complexity index is 1500. The monoisotopic (exact) mass is 694 g/mol. The molecule has 0 aliphatic rings. The Morgan fingerprint density at radius 3 is 1.36 bits per heavy atom. The van der Waals surface area contributed by atoms with Crippen LogP contribution in [0.15, 0.2) is 6.07 Å². The van der Waals surface area contributed by atoms with Gasteiger partial charge >= 0.3 is 0 Å². The van der Waals surface area contributed by atoms with Crippen LogP contribution < -0.4 is 4.43 Å². The van der Waals surface area contributed by atoms with Gasteiger partial charge in [0.2, 0.25) is 5.82 Å². The predicted molar refractivity (Wildman–Crippen MR) is 176 cm³/mol. The lowest BCUT2D eigenvalue weighted by molar-refractivity contribution is 0.410. The third-order valence-corrected chi connectivity index (χ3v) is 28.9. The second kappa shape index (κ2) is 14.5. The summed E-state index contributed by atoms with van der Waals surface area (Å²) in [6, 6.07) is 9.21. The van der Waals surface area contributed by atoms with E-state index in [9.17, 15) is 13.2 Å². The highest BCUT2D eigenvalue weighted by molar-refractivity contribution is 6.85. The van der Waals surface area contributed by atoms with E-state index in [1.807, 2.05) is 13.8 Å². The van der Waals surface area contributed by atoms with E-state index >= 15 is 22.0 Å². The van der Waals surface area contributed by atoms with Crippen molar-refractivity contribution in [2.24, 2.45) is 0 Å². The van der Waals surface area contributed by atoms with Crippen LogP contribution in [0.5, 0.6) is 5.75 Å². The molecule has 0 unspecified atom stereocenters. The molecule has 0 saturated heterocycles. The van der Waals surface area contributed by atoms with Gasteiger partial charge in [-0.3, -0.25) is 0 Å². The van der Waals surface area contributed by atoms with Crippen molar-refractivity contribution >= 4 is 46.0 Å². The first-order chi connectivity index (χ1) is 21.1. The maximum atomic E-state index is 16.3. The molecule has 0 fully saturated rings. The highest BCUT2D eigenvalue weighted by Gasteiger charge is 2.46. The Morgan fingerprint density at radius 1 is 0.511 bits per heavy atom. The lowest BCUT2D eigenvalue weighted by atomic mass is 9.99. The molecule has 0 spiro atoms. The van der Waals surface area contributed by atoms with E-state index in [4.69, 9.17) is 4.43 Å². The minimum Gasteiger partial charge on any atom is -0.539 e. The molecule has 45 heavy (non-hydrogen) atoms. The summed E-state index contributed by atoms with van der Waals surface area (Å²) in [5.41, 5.74) is -0.158. The molecule has 0 aromatic heterocycles. The summed E-state index contributed by atoms with van der Waals surface area (Å²) in [5.74, 6) is -16.4. The average molecular weight is 695 g/mol. The first-order valence-corrected chi connectivity index (χ1v) is 24.3. The minimum absolute atomic E-state index is 0.158. The Kier molecular flexibility index (Phi) is 12.1. The summed E-state index contributed by atoms with van der Waals surface area (Å²) in [6.07, 6.45) is 0. The van der Waals surface area contributed by atoms with Crippen LogP contribution in [0.25, 0.3) is 21.5 Å². The van der Waals surface area contributed by atoms with E-state index in [1.54, 1.807) is 0 Å². The largest absolute Gasteiger partial charge is 0.539 e. The van der Waals surface area contributed by atoms with E-state index in [0.29, 0.717) is 12.1 Å². The second-order valence-electron chi connectivity index (χ2n) is 13.0. The van der Waals surface area contributed by atoms with Gasteiger partial charge in [0, 0.05) is 5.39 Å². The van der Waals surface area contributed by atoms with Gasteiger partial charge in [-0.1, -0.05) is 104 Å². The maximum absolute atomic E-state index is 16.3. The van der Waals surface area contributed by atoms with Crippen LogP contribution in [0.4, 0.5) is 35.1 Å². The quantitative estimate of drug-likeness (QED) is 0.0506. The summed E-state index contributed by atoms with van der Waals surface area (Å²) >= 11 is 0. The molecule has 3 aromatic carbocycles. The molecule has 0 saturated carbocycles. The number of fused-ring (bicyclic) bond motifs is 2. The molecule has 0 radical (unpaired) electrons. The molecule has 252 valence electrons. The van der Waals surface area contributed by atoms with Crippen LogP contribution in [0.1, 0.15) is 55.4 Å². The van der Waals surface area contributed by atoms with Gasteiger partial charge in [-0.25, -0.2) is 30.7 Å². The number of benzene rings is 3. The van der Waals surface area contributed by atoms with E-state index in [0.717, 1.165) is 48.4 Å². The van der Waals surface area contributed by atoms with E-state index < -0.39 is 98.3 Å². The van der Waals surface area contributed by atoms with Crippen molar-refractivity contribution in [3.8, 4) is 5.75 Å². The van der Waals surface area contributed by atoms with Gasteiger partial charge in [-0.15, -0.1) is 0 Å². The zero-order valence-electron chi connectivity index (χ0n) is 27.7. The average Bonchev–Trinajstić information content (AvgIpc) is 3.03. The summed E-state index contributed by atoms with van der Waals surface area (Å²) in [4.78, 5) is 0. The molecular formula is C33H46F8OSi3. The third-order valence-electron chi connectivity index (χ3n) is 11.4. The van der Waals surface area contributed by atoms with Crippen LogP contribution >= 0.6 is 0 Å². The minimum atomic E-state index is -3.18. The molecule has 0 aliphatic carbocycles. The van der Waals surface area contributed by atoms with E-state index in [2.05, 4.69) is 41.5 Å². The fourth-order valence-corrected chi connectivity index (χ4v) is 22.2. The highest BCUT2D eigenvalue weighted by Crippen LogP contribution is 2.46. The maximum Gasteiger partial charge on any atom is 0.253 e. The van der Waals surface area contributed by atoms with Crippen LogP contribution in [-0.2, 0) is 0 Å². The lowest BCUT2D eigenvalue weighted by Crippen LogP contribution is -2.49. The van der Waals surface area contributed by atoms with Crippen molar-refractivity contribution in [2.45, 2.75) is 121 Å². The van der Waals surface area contributed by atoms with Gasteiger partial charge in [0.25, 0.3) is 8.32 Å². The number of hydrogen-bond acceptors (Lipinski definition) is 1. The molecule has 12 heteroatoms. The smallest absolute Gasteiger partial charge is 0.253 e. The van der Waals surface area contributed by atoms with Gasteiger partial charge in [0.15, 0.2) is 34.8 Å². The highest BCUT2D eigenvalue weighted by atomic mass is 28.4. The Balaban J connectivity index is 2.35. The normalized spacial score (nSPS) is 13.1. The summed E-state index contributed by atoms with van der Waals surface area (Å²) in [7, 11) is -6.66. The Hall–Kier alpha value is -1.93. The molecule has 1 nitrogen and oxygen atoms in total. The number of hydrogen-bond donors (Lipinski definition) is 0. The molecule has 0 heterocycles. The molecule has 3 rings (SSSR count). The van der Waals surface area contributed by atoms with Crippen molar-refractivity contribution in [1.82, 2.24) is 0 Å². The SMILES string of the molecule is CC[Si](CC)(CC)CC[Si](CC[Si](CC)(CC)CC)(Oc1c(F)c(F)c2c(F)c3c(F)c(F)c(F)cc3c(F)c2c1F)C(C)C. The topological polar surface area (TPSA) is 9.23 Å². The summed E-state index contributed by atoms with van der Waals surface area (Å²) < 4.78 is 128. The zero-order valence-corrected chi connectivity index (χ0v) is 30.7. The number of rotatable bonds is 15. The Morgan fingerprint density at radius 2 is 0.933 bits per heavy atom. The van der Waals surface area contributed by atoms with E-state index in [1.165, 1.54) is 0 Å². The van der Waals surface area contributed by atoms with Crippen molar-refractivity contribution in [2.75, 3.05) is 0 Å². The second-order valence-corrected chi connectivity index (χ2v) is 28.7. The van der Waals surface area contributed by atoms with Crippen molar-refractivity contribution in [3.63, 3.8) is 0 Å². The summed E-state index contributed by atoms with van der Waals surface area (Å²) in [6.45, 7) is 16.9. The molecule has 0 N–H and O–H groups in total. The van der Waals surface area contributed by atoms with Crippen LogP contribution in [-0.4, -0.2) is 24.5 Å². The number of halogens is 8. The van der Waals surface area contributed by atoms with Crippen LogP contribution in [0.3, 0.4) is 0 Å². The van der Waals surface area contributed by atoms with Gasteiger partial charge in [0.1, 0.15) is 11.6 Å². The van der Waals surface area contributed by atoms with Crippen molar-refractivity contribution < 1.29 is 39.5 Å². The van der Waals surface area contributed by atoms with Gasteiger partial charge in [-0.2, -0.15) is 4.39 Å². The first kappa shape index (κ1) is 37.5. The molecule has 0 amide bonds. The van der Waals surface area contributed by atoms with Crippen LogP contribution in [0.2, 0.25) is 66.0 Å². The summed E-state index contributed by atoms with van der Waals surface area (Å²) in [5, 5.41) is -5.41. The lowest BCUT2D eigenvalue weighted by Gasteiger charge is -2.41. The fraction of sp³-hybridized carbons (Fsp3) is 0.576. The predicted octanol–water partition coefficient (Wildman–Crippen LogP) is 12.9. The Labute approximate surface area is 264 Å². The zero-order chi connectivity index (χ0) is 34.1. The van der Waals surface area contributed by atoms with Gasteiger partial charge in [-0.05, 0) is 23.7 Å². The molecule has 0 aliphatic heterocycles. The van der Waals surface area contributed by atoms with Crippen LogP contribution in [0, 0.1) is 46.5 Å². The van der Waals surface area contributed by atoms with Gasteiger partial charge < -0.3 is 4.43 Å². The van der Waals surface area contributed by atoms with E-state index in [-0.39, 0.29) is 11.6 Å². The van der Waals surface area contributed by atoms with Crippen molar-refractivity contribution in [1.29, 1.82) is 0 Å². The van der Waals surface area contributed by atoms with Crippen molar-refractivity contribution in [3.05, 3.63) is 52.6 Å². The molecule has 0 bridgehead atoms. The standard InChI is InChI=1S/C33H46F8OSi3/c1-9-43(10-2,11-3)15-17-45(20(7)8,18-16-44(12-4,13-5)14-6)42-33-31(40)24-25(30(39)32(33)41)28(37)23-21(26(24)35)19-22(34)27(36)29(23)38/h19-20H,9-18H2,1-8H3.